The molecule has 19 heavy (non-hydrogen) atoms. The average molecular weight is 300 g/mol. The number of aliphatic hydroxyl groups is 1. The Hall–Kier alpha value is -1.02. The summed E-state index contributed by atoms with van der Waals surface area (Å²) in [5.74, 6) is -0.107. The molecule has 1 atom stereocenters. The lowest BCUT2D eigenvalue weighted by Crippen LogP contribution is -2.29. The van der Waals surface area contributed by atoms with Crippen molar-refractivity contribution in [1.29, 1.82) is 0 Å². The van der Waals surface area contributed by atoms with E-state index in [1.54, 1.807) is 25.1 Å². The quantitative estimate of drug-likeness (QED) is 0.877. The fraction of sp³-hybridized carbons (Fsp3) is 0.417. The lowest BCUT2D eigenvalue weighted by molar-refractivity contribution is 0.238. The van der Waals surface area contributed by atoms with Gasteiger partial charge in [0.25, 0.3) is 0 Å². The second-order valence-corrected chi connectivity index (χ2v) is 7.50. The maximum Gasteiger partial charge on any atom is 0.240 e. The summed E-state index contributed by atoms with van der Waals surface area (Å²) in [5.41, 5.74) is 0.810. The Morgan fingerprint density at radius 1 is 1.47 bits per heavy atom. The average Bonchev–Trinajstić information content (AvgIpc) is 2.74. The molecule has 1 aromatic heterocycles. The van der Waals surface area contributed by atoms with E-state index < -0.39 is 10.0 Å². The van der Waals surface area contributed by atoms with E-state index in [2.05, 4.69) is 9.71 Å². The SMILES string of the molecule is Cc1nc2ccc(S(=O)(=O)NCC(C)CO)cc2s1. The van der Waals surface area contributed by atoms with Crippen LogP contribution < -0.4 is 4.72 Å². The fourth-order valence-corrected chi connectivity index (χ4v) is 3.72. The number of nitrogens with one attached hydrogen (secondary N) is 1. The molecule has 104 valence electrons. The summed E-state index contributed by atoms with van der Waals surface area (Å²) in [4.78, 5) is 4.52. The Bertz CT molecular complexity index is 679. The van der Waals surface area contributed by atoms with Crippen molar-refractivity contribution in [3.63, 3.8) is 0 Å². The third kappa shape index (κ3) is 3.30. The molecule has 2 N–H and O–H groups in total. The molecule has 5 nitrogen and oxygen atoms in total. The fourth-order valence-electron chi connectivity index (χ4n) is 1.59. The van der Waals surface area contributed by atoms with E-state index in [1.807, 2.05) is 6.92 Å². The Morgan fingerprint density at radius 2 is 2.21 bits per heavy atom. The van der Waals surface area contributed by atoms with E-state index in [1.165, 1.54) is 11.3 Å². The van der Waals surface area contributed by atoms with Crippen LogP contribution in [0, 0.1) is 12.8 Å². The summed E-state index contributed by atoms with van der Waals surface area (Å²) >= 11 is 1.47. The number of hydrogen-bond donors (Lipinski definition) is 2. The number of sulfonamides is 1. The van der Waals surface area contributed by atoms with Gasteiger partial charge in [-0.05, 0) is 31.0 Å². The number of fused-ring (bicyclic) bond motifs is 1. The van der Waals surface area contributed by atoms with Crippen LogP contribution in [0.5, 0.6) is 0 Å². The molecule has 2 aromatic rings. The van der Waals surface area contributed by atoms with Crippen molar-refractivity contribution in [3.8, 4) is 0 Å². The summed E-state index contributed by atoms with van der Waals surface area (Å²) in [6.45, 7) is 3.84. The molecule has 1 aromatic carbocycles. The van der Waals surface area contributed by atoms with Crippen LogP contribution in [-0.4, -0.2) is 31.7 Å². The van der Waals surface area contributed by atoms with E-state index in [9.17, 15) is 8.42 Å². The summed E-state index contributed by atoms with van der Waals surface area (Å²) in [7, 11) is -3.53. The zero-order chi connectivity index (χ0) is 14.0. The molecule has 7 heteroatoms. The Balaban J connectivity index is 2.27. The molecular weight excluding hydrogens is 284 g/mol. The van der Waals surface area contributed by atoms with Gasteiger partial charge in [-0.3, -0.25) is 0 Å². The number of aromatic nitrogens is 1. The van der Waals surface area contributed by atoms with Crippen molar-refractivity contribution in [1.82, 2.24) is 9.71 Å². The number of benzene rings is 1. The topological polar surface area (TPSA) is 79.3 Å². The summed E-state index contributed by atoms with van der Waals surface area (Å²) in [6, 6.07) is 4.89. The Kier molecular flexibility index (Phi) is 4.19. The van der Waals surface area contributed by atoms with Crippen molar-refractivity contribution in [3.05, 3.63) is 23.2 Å². The van der Waals surface area contributed by atoms with Gasteiger partial charge in [-0.15, -0.1) is 11.3 Å². The number of hydrogen-bond acceptors (Lipinski definition) is 5. The van der Waals surface area contributed by atoms with Gasteiger partial charge in [0.2, 0.25) is 10.0 Å². The minimum absolute atomic E-state index is 0.0460. The Labute approximate surface area is 116 Å². The van der Waals surface area contributed by atoms with Crippen molar-refractivity contribution in [2.24, 2.45) is 5.92 Å². The minimum Gasteiger partial charge on any atom is -0.396 e. The van der Waals surface area contributed by atoms with Crippen molar-refractivity contribution >= 4 is 31.6 Å². The van der Waals surface area contributed by atoms with Gasteiger partial charge in [0, 0.05) is 13.2 Å². The molecule has 0 saturated heterocycles. The van der Waals surface area contributed by atoms with Gasteiger partial charge < -0.3 is 5.11 Å². The zero-order valence-corrected chi connectivity index (χ0v) is 12.4. The molecule has 0 saturated carbocycles. The van der Waals surface area contributed by atoms with Crippen LogP contribution in [0.1, 0.15) is 11.9 Å². The first kappa shape index (κ1) is 14.4. The summed E-state index contributed by atoms with van der Waals surface area (Å²) < 4.78 is 27.5. The van der Waals surface area contributed by atoms with Crippen LogP contribution in [0.4, 0.5) is 0 Å². The highest BCUT2D eigenvalue weighted by molar-refractivity contribution is 7.89. The molecule has 0 aliphatic rings. The molecular formula is C12H16N2O3S2. The normalized spacial score (nSPS) is 13.8. The van der Waals surface area contributed by atoms with E-state index in [-0.39, 0.29) is 24.0 Å². The maximum absolute atomic E-state index is 12.1. The highest BCUT2D eigenvalue weighted by atomic mass is 32.2. The van der Waals surface area contributed by atoms with Crippen molar-refractivity contribution < 1.29 is 13.5 Å². The van der Waals surface area contributed by atoms with Crippen LogP contribution in [-0.2, 0) is 10.0 Å². The second-order valence-electron chi connectivity index (χ2n) is 4.50. The highest BCUT2D eigenvalue weighted by Crippen LogP contribution is 2.24. The summed E-state index contributed by atoms with van der Waals surface area (Å²) in [5, 5.41) is 9.81. The maximum atomic E-state index is 12.1. The van der Waals surface area contributed by atoms with Gasteiger partial charge >= 0.3 is 0 Å². The van der Waals surface area contributed by atoms with Crippen LogP contribution in [0.15, 0.2) is 23.1 Å². The van der Waals surface area contributed by atoms with Gasteiger partial charge in [0.05, 0.1) is 20.1 Å². The second kappa shape index (κ2) is 5.54. The molecule has 0 radical (unpaired) electrons. The van der Waals surface area contributed by atoms with E-state index in [0.717, 1.165) is 15.2 Å². The van der Waals surface area contributed by atoms with Crippen LogP contribution in [0.2, 0.25) is 0 Å². The molecule has 0 amide bonds. The number of thiazole rings is 1. The van der Waals surface area contributed by atoms with Gasteiger partial charge in [-0.1, -0.05) is 6.92 Å². The number of nitrogens with zero attached hydrogens (tertiary/aromatic N) is 1. The van der Waals surface area contributed by atoms with Gasteiger partial charge in [-0.2, -0.15) is 0 Å². The first-order chi connectivity index (χ1) is 8.92. The van der Waals surface area contributed by atoms with Crippen molar-refractivity contribution in [2.45, 2.75) is 18.7 Å². The first-order valence-electron chi connectivity index (χ1n) is 5.90. The molecule has 0 bridgehead atoms. The van der Waals surface area contributed by atoms with Crippen LogP contribution in [0.25, 0.3) is 10.2 Å². The standard InChI is InChI=1S/C12H16N2O3S2/c1-8(7-15)6-13-19(16,17)10-3-4-11-12(5-10)18-9(2)14-11/h3-5,8,13,15H,6-7H2,1-2H3. The van der Waals surface area contributed by atoms with E-state index >= 15 is 0 Å². The third-order valence-electron chi connectivity index (χ3n) is 2.71. The number of aliphatic hydroxyl groups excluding tert-OH is 1. The molecule has 0 spiro atoms. The Morgan fingerprint density at radius 3 is 2.89 bits per heavy atom. The van der Waals surface area contributed by atoms with Gasteiger partial charge in [-0.25, -0.2) is 18.1 Å². The van der Waals surface area contributed by atoms with Crippen molar-refractivity contribution in [2.75, 3.05) is 13.2 Å². The van der Waals surface area contributed by atoms with Gasteiger partial charge in [0.15, 0.2) is 0 Å². The van der Waals surface area contributed by atoms with Crippen LogP contribution in [0.3, 0.4) is 0 Å². The predicted octanol–water partition coefficient (Wildman–Crippen LogP) is 1.51. The first-order valence-corrected chi connectivity index (χ1v) is 8.20. The monoisotopic (exact) mass is 300 g/mol. The smallest absolute Gasteiger partial charge is 0.240 e. The van der Waals surface area contributed by atoms with E-state index in [4.69, 9.17) is 5.11 Å². The molecule has 1 heterocycles. The number of rotatable bonds is 5. The molecule has 0 aliphatic heterocycles. The molecule has 1 unspecified atom stereocenters. The molecule has 2 rings (SSSR count). The minimum atomic E-state index is -3.53. The van der Waals surface area contributed by atoms with E-state index in [0.29, 0.717) is 0 Å². The molecule has 0 aliphatic carbocycles. The lowest BCUT2D eigenvalue weighted by atomic mass is 10.2. The third-order valence-corrected chi connectivity index (χ3v) is 5.07. The predicted molar refractivity (Wildman–Crippen MR) is 75.8 cm³/mol. The van der Waals surface area contributed by atoms with Gasteiger partial charge in [0.1, 0.15) is 0 Å². The summed E-state index contributed by atoms with van der Waals surface area (Å²) in [6.07, 6.45) is 0. The molecule has 0 fully saturated rings. The lowest BCUT2D eigenvalue weighted by Gasteiger charge is -2.10. The highest BCUT2D eigenvalue weighted by Gasteiger charge is 2.16. The largest absolute Gasteiger partial charge is 0.396 e. The van der Waals surface area contributed by atoms with Crippen LogP contribution >= 0.6 is 11.3 Å². The number of aryl methyl sites for hydroxylation is 1. The zero-order valence-electron chi connectivity index (χ0n) is 10.8.